The first-order valence-electron chi connectivity index (χ1n) is 9.20. The second kappa shape index (κ2) is 7.65. The minimum absolute atomic E-state index is 0.0989. The van der Waals surface area contributed by atoms with E-state index in [1.165, 1.54) is 0 Å². The van der Waals surface area contributed by atoms with Crippen molar-refractivity contribution in [3.05, 3.63) is 75.8 Å². The Hall–Kier alpha value is -2.63. The van der Waals surface area contributed by atoms with Gasteiger partial charge in [0.05, 0.1) is 12.8 Å². The molecule has 4 rings (SSSR count). The third-order valence-electron chi connectivity index (χ3n) is 5.22. The molecular formula is C22H20Cl2N4O. The average molecular weight is 427 g/mol. The van der Waals surface area contributed by atoms with Gasteiger partial charge in [-0.05, 0) is 31.5 Å². The predicted octanol–water partition coefficient (Wildman–Crippen LogP) is 5.88. The van der Waals surface area contributed by atoms with E-state index in [-0.39, 0.29) is 5.92 Å². The summed E-state index contributed by atoms with van der Waals surface area (Å²) in [5.74, 6) is 1.51. The normalized spacial score (nSPS) is 12.3. The number of imidazole rings is 1. The molecule has 7 heteroatoms. The molecule has 29 heavy (non-hydrogen) atoms. The zero-order valence-corrected chi connectivity index (χ0v) is 18.1. The molecule has 0 saturated carbocycles. The summed E-state index contributed by atoms with van der Waals surface area (Å²) in [6.07, 6.45) is 7.11. The molecule has 0 aliphatic carbocycles. The van der Waals surface area contributed by atoms with Gasteiger partial charge in [-0.1, -0.05) is 36.2 Å². The number of pyridine rings is 1. The Morgan fingerprint density at radius 1 is 1.17 bits per heavy atom. The summed E-state index contributed by atoms with van der Waals surface area (Å²) in [6, 6.07) is 5.86. The van der Waals surface area contributed by atoms with Crippen molar-refractivity contribution in [3.63, 3.8) is 0 Å². The largest absolute Gasteiger partial charge is 0.496 e. The van der Waals surface area contributed by atoms with Gasteiger partial charge >= 0.3 is 0 Å². The Morgan fingerprint density at radius 2 is 1.97 bits per heavy atom. The fraction of sp³-hybridized carbons (Fsp3) is 0.227. The lowest BCUT2D eigenvalue weighted by molar-refractivity contribution is 0.409. The molecule has 0 aliphatic heterocycles. The van der Waals surface area contributed by atoms with Crippen LogP contribution in [0.4, 0.5) is 0 Å². The van der Waals surface area contributed by atoms with E-state index in [2.05, 4.69) is 16.9 Å². The van der Waals surface area contributed by atoms with Crippen LogP contribution in [0, 0.1) is 13.8 Å². The Labute approximate surface area is 179 Å². The molecule has 0 amide bonds. The van der Waals surface area contributed by atoms with Crippen LogP contribution in [-0.2, 0) is 0 Å². The number of nitrogens with zero attached hydrogens (tertiary/aromatic N) is 4. The molecule has 1 unspecified atom stereocenters. The molecule has 0 spiro atoms. The number of ether oxygens (including phenoxy) is 1. The van der Waals surface area contributed by atoms with Gasteiger partial charge in [-0.15, -0.1) is 0 Å². The zero-order valence-electron chi connectivity index (χ0n) is 16.6. The van der Waals surface area contributed by atoms with Crippen molar-refractivity contribution in [1.29, 1.82) is 0 Å². The molecule has 3 aromatic heterocycles. The van der Waals surface area contributed by atoms with Crippen molar-refractivity contribution in [2.75, 3.05) is 7.11 Å². The van der Waals surface area contributed by atoms with Gasteiger partial charge in [-0.3, -0.25) is 9.38 Å². The quantitative estimate of drug-likeness (QED) is 0.409. The Kier molecular flexibility index (Phi) is 5.19. The van der Waals surface area contributed by atoms with E-state index < -0.39 is 0 Å². The summed E-state index contributed by atoms with van der Waals surface area (Å²) in [7, 11) is 1.68. The molecule has 0 bridgehead atoms. The third-order valence-corrected chi connectivity index (χ3v) is 5.89. The van der Waals surface area contributed by atoms with E-state index >= 15 is 0 Å². The van der Waals surface area contributed by atoms with E-state index in [9.17, 15) is 0 Å². The summed E-state index contributed by atoms with van der Waals surface area (Å²) in [5.41, 5.74) is 5.42. The fourth-order valence-electron chi connectivity index (χ4n) is 3.78. The standard InChI is InChI=1S/C22H20Cl2N4O/c1-12(22-27-14(3)19-21(24)26-8-9-28(19)22)16-10-17(23)13(2)18(20(16)29-4)15-6-5-7-25-11-15/h5-12H,1-4H3. The van der Waals surface area contributed by atoms with Crippen molar-refractivity contribution in [2.24, 2.45) is 0 Å². The summed E-state index contributed by atoms with van der Waals surface area (Å²) < 4.78 is 7.87. The maximum Gasteiger partial charge on any atom is 0.154 e. The lowest BCUT2D eigenvalue weighted by Gasteiger charge is -2.21. The molecule has 0 aliphatic rings. The van der Waals surface area contributed by atoms with Crippen molar-refractivity contribution >= 4 is 28.7 Å². The van der Waals surface area contributed by atoms with Crippen LogP contribution in [0.3, 0.4) is 0 Å². The topological polar surface area (TPSA) is 52.3 Å². The Bertz CT molecular complexity index is 1200. The Morgan fingerprint density at radius 3 is 2.66 bits per heavy atom. The minimum atomic E-state index is -0.0989. The highest BCUT2D eigenvalue weighted by molar-refractivity contribution is 6.32. The fourth-order valence-corrected chi connectivity index (χ4v) is 4.28. The zero-order chi connectivity index (χ0) is 20.7. The third kappa shape index (κ3) is 3.24. The SMILES string of the molecule is COc1c(C(C)c2nc(C)c3c(Cl)nccn23)cc(Cl)c(C)c1-c1cccnc1. The second-order valence-electron chi connectivity index (χ2n) is 6.94. The van der Waals surface area contributed by atoms with Gasteiger partial charge in [0.1, 0.15) is 17.1 Å². The van der Waals surface area contributed by atoms with Gasteiger partial charge in [0.15, 0.2) is 5.15 Å². The second-order valence-corrected chi connectivity index (χ2v) is 7.70. The first-order valence-corrected chi connectivity index (χ1v) is 9.96. The van der Waals surface area contributed by atoms with E-state index in [1.54, 1.807) is 19.5 Å². The molecule has 0 N–H and O–H groups in total. The van der Waals surface area contributed by atoms with Gasteiger partial charge in [0.2, 0.25) is 0 Å². The van der Waals surface area contributed by atoms with Gasteiger partial charge in [-0.25, -0.2) is 9.97 Å². The average Bonchev–Trinajstić information content (AvgIpc) is 3.07. The molecule has 0 radical (unpaired) electrons. The lowest BCUT2D eigenvalue weighted by atomic mass is 9.91. The number of fused-ring (bicyclic) bond motifs is 1. The maximum absolute atomic E-state index is 6.64. The summed E-state index contributed by atoms with van der Waals surface area (Å²) >= 11 is 13.0. The molecule has 3 heterocycles. The predicted molar refractivity (Wildman–Crippen MR) is 116 cm³/mol. The number of hydrogen-bond acceptors (Lipinski definition) is 4. The lowest BCUT2D eigenvalue weighted by Crippen LogP contribution is -2.07. The smallest absolute Gasteiger partial charge is 0.154 e. The molecule has 1 atom stereocenters. The molecule has 148 valence electrons. The number of methoxy groups -OCH3 is 1. The molecule has 0 fully saturated rings. The molecular weight excluding hydrogens is 407 g/mol. The van der Waals surface area contributed by atoms with Crippen LogP contribution in [0.1, 0.15) is 35.5 Å². The van der Waals surface area contributed by atoms with Crippen LogP contribution in [0.2, 0.25) is 10.2 Å². The van der Waals surface area contributed by atoms with Crippen LogP contribution in [0.15, 0.2) is 43.0 Å². The molecule has 4 aromatic rings. The highest BCUT2D eigenvalue weighted by Gasteiger charge is 2.25. The van der Waals surface area contributed by atoms with Gasteiger partial charge < -0.3 is 4.74 Å². The van der Waals surface area contributed by atoms with Gasteiger partial charge in [-0.2, -0.15) is 0 Å². The van der Waals surface area contributed by atoms with Crippen molar-refractivity contribution in [1.82, 2.24) is 19.4 Å². The van der Waals surface area contributed by atoms with Gasteiger partial charge in [0.25, 0.3) is 0 Å². The van der Waals surface area contributed by atoms with Crippen LogP contribution >= 0.6 is 23.2 Å². The van der Waals surface area contributed by atoms with Crippen LogP contribution < -0.4 is 4.74 Å². The molecule has 0 saturated heterocycles. The van der Waals surface area contributed by atoms with Crippen LogP contribution in [0.5, 0.6) is 5.75 Å². The number of hydrogen-bond donors (Lipinski definition) is 0. The van der Waals surface area contributed by atoms with E-state index in [4.69, 9.17) is 32.9 Å². The highest BCUT2D eigenvalue weighted by Crippen LogP contribution is 2.44. The highest BCUT2D eigenvalue weighted by atomic mass is 35.5. The van der Waals surface area contributed by atoms with E-state index in [1.807, 2.05) is 48.8 Å². The van der Waals surface area contributed by atoms with Gasteiger partial charge in [0, 0.05) is 52.4 Å². The van der Waals surface area contributed by atoms with Crippen molar-refractivity contribution in [2.45, 2.75) is 26.7 Å². The summed E-state index contributed by atoms with van der Waals surface area (Å²) in [4.78, 5) is 13.2. The number of rotatable bonds is 4. The van der Waals surface area contributed by atoms with Crippen molar-refractivity contribution < 1.29 is 4.74 Å². The summed E-state index contributed by atoms with van der Waals surface area (Å²) in [5, 5.41) is 1.10. The maximum atomic E-state index is 6.64. The minimum Gasteiger partial charge on any atom is -0.496 e. The van der Waals surface area contributed by atoms with E-state index in [0.29, 0.717) is 10.2 Å². The number of halogens is 2. The van der Waals surface area contributed by atoms with Crippen molar-refractivity contribution in [3.8, 4) is 16.9 Å². The number of benzene rings is 1. The Balaban J connectivity index is 1.97. The van der Waals surface area contributed by atoms with Crippen LogP contribution in [-0.4, -0.2) is 26.5 Å². The number of aromatic nitrogens is 4. The summed E-state index contributed by atoms with van der Waals surface area (Å²) in [6.45, 7) is 6.00. The molecule has 5 nitrogen and oxygen atoms in total. The monoisotopic (exact) mass is 426 g/mol. The first kappa shape index (κ1) is 19.7. The first-order chi connectivity index (χ1) is 13.9. The molecule has 1 aromatic carbocycles. The number of aryl methyl sites for hydroxylation is 1. The van der Waals surface area contributed by atoms with E-state index in [0.717, 1.165) is 45.0 Å². The van der Waals surface area contributed by atoms with Crippen LogP contribution in [0.25, 0.3) is 16.6 Å².